The molecular formula is C21H14BrNO3. The third-order valence-electron chi connectivity index (χ3n) is 4.25. The van der Waals surface area contributed by atoms with Gasteiger partial charge in [-0.3, -0.25) is 9.59 Å². The Bertz CT molecular complexity index is 1020. The standard InChI is InChI=1S/C21H14BrNO3/c22-15-7-5-14(6-8-15)11-19-18-3-1-2-4-20(18)23(21(19)25)12-16-9-10-17(13-24)26-16/h1-11,13H,12H2/b19-11+. The predicted octanol–water partition coefficient (Wildman–Crippen LogP) is 4.94. The van der Waals surface area contributed by atoms with Crippen LogP contribution in [0.2, 0.25) is 0 Å². The third-order valence-corrected chi connectivity index (χ3v) is 4.78. The minimum Gasteiger partial charge on any atom is -0.456 e. The van der Waals surface area contributed by atoms with Crippen molar-refractivity contribution in [3.8, 4) is 0 Å². The van der Waals surface area contributed by atoms with Crippen molar-refractivity contribution in [1.82, 2.24) is 0 Å². The highest BCUT2D eigenvalue weighted by molar-refractivity contribution is 9.10. The number of carbonyl (C=O) groups excluding carboxylic acids is 2. The molecule has 2 aromatic carbocycles. The fraction of sp³-hybridized carbons (Fsp3) is 0.0476. The quantitative estimate of drug-likeness (QED) is 0.454. The minimum absolute atomic E-state index is 0.0850. The smallest absolute Gasteiger partial charge is 0.259 e. The number of para-hydroxylation sites is 1. The van der Waals surface area contributed by atoms with Crippen LogP contribution in [-0.4, -0.2) is 12.2 Å². The van der Waals surface area contributed by atoms with Crippen molar-refractivity contribution in [2.75, 3.05) is 4.90 Å². The lowest BCUT2D eigenvalue weighted by Crippen LogP contribution is -2.25. The van der Waals surface area contributed by atoms with Crippen LogP contribution in [0.25, 0.3) is 11.6 Å². The van der Waals surface area contributed by atoms with E-state index >= 15 is 0 Å². The van der Waals surface area contributed by atoms with E-state index in [0.717, 1.165) is 21.3 Å². The van der Waals surface area contributed by atoms with Crippen LogP contribution in [0.3, 0.4) is 0 Å². The van der Waals surface area contributed by atoms with Crippen molar-refractivity contribution >= 4 is 45.5 Å². The fourth-order valence-electron chi connectivity index (χ4n) is 3.03. The zero-order valence-corrected chi connectivity index (χ0v) is 15.3. The van der Waals surface area contributed by atoms with E-state index in [1.165, 1.54) is 0 Å². The number of halogens is 1. The van der Waals surface area contributed by atoms with Gasteiger partial charge in [0, 0.05) is 15.6 Å². The van der Waals surface area contributed by atoms with E-state index in [1.54, 1.807) is 17.0 Å². The van der Waals surface area contributed by atoms with E-state index in [9.17, 15) is 9.59 Å². The SMILES string of the molecule is O=Cc1ccc(CN2C(=O)/C(=C/c3ccc(Br)cc3)c3ccccc32)o1. The molecule has 0 fully saturated rings. The van der Waals surface area contributed by atoms with E-state index in [-0.39, 0.29) is 18.2 Å². The second kappa shape index (κ2) is 6.77. The maximum atomic E-state index is 13.1. The van der Waals surface area contributed by atoms with Gasteiger partial charge in [0.2, 0.25) is 0 Å². The van der Waals surface area contributed by atoms with Crippen LogP contribution in [0.1, 0.15) is 27.4 Å². The molecule has 5 heteroatoms. The van der Waals surface area contributed by atoms with Gasteiger partial charge in [0.25, 0.3) is 5.91 Å². The summed E-state index contributed by atoms with van der Waals surface area (Å²) in [7, 11) is 0. The van der Waals surface area contributed by atoms with Gasteiger partial charge in [-0.05, 0) is 42.0 Å². The number of anilines is 1. The summed E-state index contributed by atoms with van der Waals surface area (Å²) in [6, 6.07) is 18.8. The highest BCUT2D eigenvalue weighted by Crippen LogP contribution is 2.38. The number of aldehydes is 1. The van der Waals surface area contributed by atoms with Crippen LogP contribution >= 0.6 is 15.9 Å². The van der Waals surface area contributed by atoms with E-state index in [2.05, 4.69) is 15.9 Å². The molecule has 0 saturated heterocycles. The summed E-state index contributed by atoms with van der Waals surface area (Å²) < 4.78 is 6.43. The number of rotatable bonds is 4. The van der Waals surface area contributed by atoms with Gasteiger partial charge in [-0.2, -0.15) is 0 Å². The minimum atomic E-state index is -0.0850. The molecule has 0 saturated carbocycles. The Morgan fingerprint density at radius 2 is 1.77 bits per heavy atom. The molecule has 4 nitrogen and oxygen atoms in total. The van der Waals surface area contributed by atoms with Gasteiger partial charge in [-0.1, -0.05) is 46.3 Å². The lowest BCUT2D eigenvalue weighted by Gasteiger charge is -2.15. The van der Waals surface area contributed by atoms with Gasteiger partial charge >= 0.3 is 0 Å². The number of nitrogens with zero attached hydrogens (tertiary/aromatic N) is 1. The van der Waals surface area contributed by atoms with Crippen LogP contribution in [0.15, 0.2) is 69.6 Å². The maximum absolute atomic E-state index is 13.1. The number of carbonyl (C=O) groups is 2. The summed E-state index contributed by atoms with van der Waals surface area (Å²) in [5.74, 6) is 0.740. The van der Waals surface area contributed by atoms with Gasteiger partial charge in [-0.25, -0.2) is 0 Å². The van der Waals surface area contributed by atoms with E-state index in [0.29, 0.717) is 17.6 Å². The van der Waals surface area contributed by atoms with Crippen LogP contribution in [-0.2, 0) is 11.3 Å². The fourth-order valence-corrected chi connectivity index (χ4v) is 3.29. The molecule has 128 valence electrons. The van der Waals surface area contributed by atoms with Crippen molar-refractivity contribution in [2.45, 2.75) is 6.54 Å². The number of benzene rings is 2. The summed E-state index contributed by atoms with van der Waals surface area (Å²) >= 11 is 3.42. The van der Waals surface area contributed by atoms with Gasteiger partial charge < -0.3 is 9.32 Å². The van der Waals surface area contributed by atoms with Crippen molar-refractivity contribution in [2.24, 2.45) is 0 Å². The summed E-state index contributed by atoms with van der Waals surface area (Å²) in [6.07, 6.45) is 2.55. The Kier molecular flexibility index (Phi) is 4.31. The first-order valence-corrected chi connectivity index (χ1v) is 8.87. The first-order valence-electron chi connectivity index (χ1n) is 8.08. The summed E-state index contributed by atoms with van der Waals surface area (Å²) in [6.45, 7) is 0.279. The van der Waals surface area contributed by atoms with Gasteiger partial charge in [0.05, 0.1) is 12.2 Å². The Labute approximate surface area is 158 Å². The normalized spacial score (nSPS) is 14.7. The number of hydrogen-bond donors (Lipinski definition) is 0. The Morgan fingerprint density at radius 1 is 1.00 bits per heavy atom. The molecular weight excluding hydrogens is 394 g/mol. The molecule has 2 heterocycles. The molecule has 1 aromatic heterocycles. The molecule has 1 aliphatic rings. The molecule has 0 radical (unpaired) electrons. The molecule has 0 atom stereocenters. The molecule has 0 unspecified atom stereocenters. The van der Waals surface area contributed by atoms with Gasteiger partial charge in [0.1, 0.15) is 5.76 Å². The highest BCUT2D eigenvalue weighted by atomic mass is 79.9. The van der Waals surface area contributed by atoms with Crippen LogP contribution in [0.4, 0.5) is 5.69 Å². The average Bonchev–Trinajstić information content (AvgIpc) is 3.22. The monoisotopic (exact) mass is 407 g/mol. The summed E-state index contributed by atoms with van der Waals surface area (Å²) in [5, 5.41) is 0. The Balaban J connectivity index is 1.72. The maximum Gasteiger partial charge on any atom is 0.259 e. The Hall–Kier alpha value is -2.92. The summed E-state index contributed by atoms with van der Waals surface area (Å²) in [4.78, 5) is 25.5. The van der Waals surface area contributed by atoms with Crippen LogP contribution in [0, 0.1) is 0 Å². The first kappa shape index (κ1) is 16.5. The largest absolute Gasteiger partial charge is 0.456 e. The second-order valence-electron chi connectivity index (χ2n) is 5.94. The first-order chi connectivity index (χ1) is 12.7. The lowest BCUT2D eigenvalue weighted by molar-refractivity contribution is -0.113. The molecule has 3 aromatic rings. The molecule has 0 spiro atoms. The topological polar surface area (TPSA) is 50.5 Å². The molecule has 1 aliphatic heterocycles. The van der Waals surface area contributed by atoms with Crippen molar-refractivity contribution in [3.05, 3.63) is 87.8 Å². The van der Waals surface area contributed by atoms with Crippen molar-refractivity contribution in [1.29, 1.82) is 0 Å². The van der Waals surface area contributed by atoms with E-state index in [4.69, 9.17) is 4.42 Å². The molecule has 0 N–H and O–H groups in total. The average molecular weight is 408 g/mol. The van der Waals surface area contributed by atoms with Crippen molar-refractivity contribution < 1.29 is 14.0 Å². The zero-order chi connectivity index (χ0) is 18.1. The molecule has 26 heavy (non-hydrogen) atoms. The number of furan rings is 1. The van der Waals surface area contributed by atoms with Crippen LogP contribution < -0.4 is 4.90 Å². The second-order valence-corrected chi connectivity index (χ2v) is 6.86. The lowest BCUT2D eigenvalue weighted by atomic mass is 10.0. The summed E-state index contributed by atoms with van der Waals surface area (Å²) in [5.41, 5.74) is 3.33. The highest BCUT2D eigenvalue weighted by Gasteiger charge is 2.32. The Morgan fingerprint density at radius 3 is 2.50 bits per heavy atom. The molecule has 1 amide bonds. The number of hydrogen-bond acceptors (Lipinski definition) is 3. The van der Waals surface area contributed by atoms with Crippen LogP contribution in [0.5, 0.6) is 0 Å². The van der Waals surface area contributed by atoms with Gasteiger partial charge in [-0.15, -0.1) is 0 Å². The number of amides is 1. The van der Waals surface area contributed by atoms with Gasteiger partial charge in [0.15, 0.2) is 12.0 Å². The number of fused-ring (bicyclic) bond motifs is 1. The molecule has 0 bridgehead atoms. The third kappa shape index (κ3) is 3.02. The molecule has 4 rings (SSSR count). The predicted molar refractivity (Wildman–Crippen MR) is 104 cm³/mol. The van der Waals surface area contributed by atoms with E-state index < -0.39 is 0 Å². The molecule has 0 aliphatic carbocycles. The van der Waals surface area contributed by atoms with Crippen molar-refractivity contribution in [3.63, 3.8) is 0 Å². The zero-order valence-electron chi connectivity index (χ0n) is 13.7. The van der Waals surface area contributed by atoms with E-state index in [1.807, 2.05) is 54.6 Å².